The van der Waals surface area contributed by atoms with Crippen LogP contribution in [0.3, 0.4) is 0 Å². The molecular weight excluding hydrogens is 320 g/mol. The molecule has 2 rings (SSSR count). The summed E-state index contributed by atoms with van der Waals surface area (Å²) >= 11 is 0. The van der Waals surface area contributed by atoms with Gasteiger partial charge in [-0.05, 0) is 37.0 Å². The van der Waals surface area contributed by atoms with Crippen molar-refractivity contribution in [2.45, 2.75) is 46.2 Å². The number of ether oxygens (including phenoxy) is 1. The van der Waals surface area contributed by atoms with Crippen molar-refractivity contribution in [2.24, 2.45) is 5.92 Å². The van der Waals surface area contributed by atoms with Gasteiger partial charge in [0.15, 0.2) is 6.61 Å². The topological polar surface area (TPSA) is 75.7 Å². The Labute approximate surface area is 148 Å². The van der Waals surface area contributed by atoms with E-state index in [1.54, 1.807) is 23.1 Å². The van der Waals surface area contributed by atoms with Gasteiger partial charge < -0.3 is 15.0 Å². The Hall–Kier alpha value is -2.37. The lowest BCUT2D eigenvalue weighted by molar-refractivity contribution is -0.128. The normalized spacial score (nSPS) is 15.4. The second kappa shape index (κ2) is 8.65. The van der Waals surface area contributed by atoms with Gasteiger partial charge >= 0.3 is 5.97 Å². The number of esters is 1. The quantitative estimate of drug-likeness (QED) is 0.768. The Morgan fingerprint density at radius 1 is 1.28 bits per heavy atom. The number of likely N-dealkylation sites (tertiary alicyclic amines) is 1. The summed E-state index contributed by atoms with van der Waals surface area (Å²) in [6.45, 7) is 6.87. The highest BCUT2D eigenvalue weighted by Gasteiger charge is 2.20. The first kappa shape index (κ1) is 19.0. The van der Waals surface area contributed by atoms with Gasteiger partial charge in [-0.25, -0.2) is 4.79 Å². The molecule has 1 heterocycles. The van der Waals surface area contributed by atoms with Gasteiger partial charge in [0.05, 0.1) is 5.56 Å². The lowest BCUT2D eigenvalue weighted by Crippen LogP contribution is -2.38. The largest absolute Gasteiger partial charge is 0.452 e. The first-order valence-corrected chi connectivity index (χ1v) is 8.70. The van der Waals surface area contributed by atoms with Crippen LogP contribution in [0.5, 0.6) is 0 Å². The van der Waals surface area contributed by atoms with Crippen molar-refractivity contribution in [3.05, 3.63) is 35.4 Å². The predicted molar refractivity (Wildman–Crippen MR) is 93.8 cm³/mol. The van der Waals surface area contributed by atoms with Crippen LogP contribution in [0.4, 0.5) is 0 Å². The molecule has 0 radical (unpaired) electrons. The molecule has 0 bridgehead atoms. The van der Waals surface area contributed by atoms with Crippen LogP contribution in [-0.4, -0.2) is 41.9 Å². The molecule has 2 amide bonds. The van der Waals surface area contributed by atoms with Crippen molar-refractivity contribution >= 4 is 17.8 Å². The number of hydrogen-bond donors (Lipinski definition) is 1. The van der Waals surface area contributed by atoms with Gasteiger partial charge in [-0.1, -0.05) is 26.0 Å². The Kier molecular flexibility index (Phi) is 6.56. The van der Waals surface area contributed by atoms with Gasteiger partial charge in [0.2, 0.25) is 5.91 Å². The minimum absolute atomic E-state index is 0.0209. The van der Waals surface area contributed by atoms with Crippen molar-refractivity contribution in [1.82, 2.24) is 10.2 Å². The lowest BCUT2D eigenvalue weighted by atomic mass is 10.1. The van der Waals surface area contributed by atoms with Gasteiger partial charge in [-0.15, -0.1) is 0 Å². The highest BCUT2D eigenvalue weighted by Crippen LogP contribution is 2.15. The zero-order valence-corrected chi connectivity index (χ0v) is 15.1. The number of nitrogens with zero attached hydrogens (tertiary/aromatic N) is 1. The first-order valence-electron chi connectivity index (χ1n) is 8.70. The van der Waals surface area contributed by atoms with Crippen molar-refractivity contribution in [3.8, 4) is 0 Å². The fourth-order valence-electron chi connectivity index (χ4n) is 2.56. The highest BCUT2D eigenvalue weighted by atomic mass is 16.5. The predicted octanol–water partition coefficient (Wildman–Crippen LogP) is 2.13. The Balaban J connectivity index is 1.88. The number of carbonyl (C=O) groups excluding carboxylic acids is 3. The number of nitrogens with one attached hydrogen (secondary N) is 1. The van der Waals surface area contributed by atoms with Crippen LogP contribution in [0.25, 0.3) is 0 Å². The summed E-state index contributed by atoms with van der Waals surface area (Å²) in [6, 6.07) is 7.01. The molecule has 1 aliphatic heterocycles. The molecule has 1 unspecified atom stereocenters. The van der Waals surface area contributed by atoms with E-state index in [0.29, 0.717) is 24.4 Å². The summed E-state index contributed by atoms with van der Waals surface area (Å²) in [4.78, 5) is 37.4. The molecule has 1 aromatic rings. The molecule has 1 aromatic carbocycles. The number of rotatable bonds is 7. The molecule has 25 heavy (non-hydrogen) atoms. The summed E-state index contributed by atoms with van der Waals surface area (Å²) in [5.41, 5.74) is 1.26. The fraction of sp³-hybridized carbons (Fsp3) is 0.526. The number of amides is 2. The molecule has 6 nitrogen and oxygen atoms in total. The summed E-state index contributed by atoms with van der Waals surface area (Å²) < 4.78 is 5.09. The van der Waals surface area contributed by atoms with E-state index in [9.17, 15) is 14.4 Å². The zero-order valence-electron chi connectivity index (χ0n) is 15.1. The maximum Gasteiger partial charge on any atom is 0.338 e. The third-order valence-electron chi connectivity index (χ3n) is 4.43. The third kappa shape index (κ3) is 5.59. The van der Waals surface area contributed by atoms with Crippen LogP contribution in [0, 0.1) is 5.92 Å². The van der Waals surface area contributed by atoms with E-state index < -0.39 is 5.97 Å². The molecular formula is C19H26N2O4. The van der Waals surface area contributed by atoms with Gasteiger partial charge in [0.25, 0.3) is 5.91 Å². The Morgan fingerprint density at radius 3 is 2.68 bits per heavy atom. The molecule has 1 N–H and O–H groups in total. The van der Waals surface area contributed by atoms with Crippen LogP contribution in [0.15, 0.2) is 24.3 Å². The average molecular weight is 346 g/mol. The number of hydrogen-bond acceptors (Lipinski definition) is 4. The summed E-state index contributed by atoms with van der Waals surface area (Å²) in [5, 5.41) is 2.79. The van der Waals surface area contributed by atoms with E-state index in [1.165, 1.54) is 0 Å². The van der Waals surface area contributed by atoms with Crippen LogP contribution < -0.4 is 5.32 Å². The van der Waals surface area contributed by atoms with Crippen molar-refractivity contribution in [1.29, 1.82) is 0 Å². The van der Waals surface area contributed by atoms with Gasteiger partial charge in [-0.2, -0.15) is 0 Å². The van der Waals surface area contributed by atoms with Gasteiger partial charge in [-0.3, -0.25) is 9.59 Å². The van der Waals surface area contributed by atoms with Crippen molar-refractivity contribution < 1.29 is 19.1 Å². The van der Waals surface area contributed by atoms with E-state index in [2.05, 4.69) is 5.32 Å². The smallest absolute Gasteiger partial charge is 0.338 e. The second-order valence-electron chi connectivity index (χ2n) is 6.80. The number of benzene rings is 1. The Bertz CT molecular complexity index is 642. The van der Waals surface area contributed by atoms with E-state index in [-0.39, 0.29) is 24.5 Å². The lowest BCUT2D eigenvalue weighted by Gasteiger charge is -2.17. The molecule has 6 heteroatoms. The molecule has 136 valence electrons. The molecule has 1 aliphatic rings. The monoisotopic (exact) mass is 346 g/mol. The minimum Gasteiger partial charge on any atom is -0.452 e. The maximum absolute atomic E-state index is 12.1. The van der Waals surface area contributed by atoms with E-state index >= 15 is 0 Å². The third-order valence-corrected chi connectivity index (χ3v) is 4.43. The van der Waals surface area contributed by atoms with Crippen molar-refractivity contribution in [3.63, 3.8) is 0 Å². The van der Waals surface area contributed by atoms with Gasteiger partial charge in [0, 0.05) is 25.6 Å². The standard InChI is InChI=1S/C19H26N2O4/c1-13(2)14(3)20-17(22)12-25-19(24)16-7-4-6-15(10-16)11-21-9-5-8-18(21)23/h4,6-7,10,13-14H,5,8-9,11-12H2,1-3H3,(H,20,22). The van der Waals surface area contributed by atoms with Crippen molar-refractivity contribution in [2.75, 3.05) is 13.2 Å². The first-order chi connectivity index (χ1) is 11.9. The van der Waals surface area contributed by atoms with Crippen LogP contribution in [0.2, 0.25) is 0 Å². The summed E-state index contributed by atoms with van der Waals surface area (Å²) in [7, 11) is 0. The molecule has 0 spiro atoms. The van der Waals surface area contributed by atoms with Crippen LogP contribution in [-0.2, 0) is 20.9 Å². The second-order valence-corrected chi connectivity index (χ2v) is 6.80. The Morgan fingerprint density at radius 2 is 2.04 bits per heavy atom. The highest BCUT2D eigenvalue weighted by molar-refractivity contribution is 5.91. The number of carbonyl (C=O) groups is 3. The maximum atomic E-state index is 12.1. The SMILES string of the molecule is CC(C)C(C)NC(=O)COC(=O)c1cccc(CN2CCCC2=O)c1. The van der Waals surface area contributed by atoms with E-state index in [0.717, 1.165) is 18.5 Å². The molecule has 0 aliphatic carbocycles. The minimum atomic E-state index is -0.540. The molecule has 0 aromatic heterocycles. The zero-order chi connectivity index (χ0) is 18.4. The molecule has 1 fully saturated rings. The van der Waals surface area contributed by atoms with Crippen LogP contribution >= 0.6 is 0 Å². The van der Waals surface area contributed by atoms with E-state index in [4.69, 9.17) is 4.74 Å². The average Bonchev–Trinajstić information content (AvgIpc) is 2.97. The summed E-state index contributed by atoms with van der Waals surface area (Å²) in [6.07, 6.45) is 1.47. The van der Waals surface area contributed by atoms with Gasteiger partial charge in [0.1, 0.15) is 0 Å². The molecule has 1 atom stereocenters. The fourth-order valence-corrected chi connectivity index (χ4v) is 2.56. The van der Waals surface area contributed by atoms with E-state index in [1.807, 2.05) is 26.8 Å². The summed E-state index contributed by atoms with van der Waals surface area (Å²) in [5.74, 6) is -0.399. The molecule has 0 saturated carbocycles. The van der Waals surface area contributed by atoms with Crippen LogP contribution in [0.1, 0.15) is 49.5 Å². The molecule has 1 saturated heterocycles.